The van der Waals surface area contributed by atoms with Gasteiger partial charge in [-0.3, -0.25) is 4.90 Å². The molecule has 2 amide bonds. The third-order valence-electron chi connectivity index (χ3n) is 5.60. The van der Waals surface area contributed by atoms with E-state index in [2.05, 4.69) is 48.4 Å². The van der Waals surface area contributed by atoms with Crippen molar-refractivity contribution in [2.45, 2.75) is 40.2 Å². The van der Waals surface area contributed by atoms with E-state index in [0.717, 1.165) is 28.8 Å². The van der Waals surface area contributed by atoms with Crippen molar-refractivity contribution in [3.05, 3.63) is 76.3 Å². The van der Waals surface area contributed by atoms with Gasteiger partial charge in [0, 0.05) is 22.8 Å². The highest BCUT2D eigenvalue weighted by Gasteiger charge is 2.35. The normalized spacial score (nSPS) is 16.6. The van der Waals surface area contributed by atoms with Crippen LogP contribution in [-0.2, 0) is 6.42 Å². The average molecular weight is 451 g/mol. The minimum Gasteiger partial charge on any atom is -0.334 e. The number of carbonyl (C=O) groups excluding carboxylic acids is 1. The molecule has 2 aromatic carbocycles. The van der Waals surface area contributed by atoms with Crippen molar-refractivity contribution in [3.8, 4) is 11.4 Å². The number of aryl methyl sites for hydroxylation is 1. The molecule has 7 heteroatoms. The zero-order valence-electron chi connectivity index (χ0n) is 18.7. The van der Waals surface area contributed by atoms with E-state index >= 15 is 0 Å². The molecule has 0 spiro atoms. The Hall–Kier alpha value is -3.12. The number of hydrogen-bond acceptors (Lipinski definition) is 4. The van der Waals surface area contributed by atoms with E-state index in [1.165, 1.54) is 5.56 Å². The Kier molecular flexibility index (Phi) is 6.33. The molecule has 1 unspecified atom stereocenters. The molecule has 1 aromatic heterocycles. The smallest absolute Gasteiger partial charge is 0.322 e. The SMILES string of the molecule is CCc1ccc(C2NC(=O)N(CC(C)C)C(C)=C2c2nc(-c3cccc(Cl)c3)no2)cc1. The van der Waals surface area contributed by atoms with Gasteiger partial charge in [-0.2, -0.15) is 4.98 Å². The molecule has 6 nitrogen and oxygen atoms in total. The van der Waals surface area contributed by atoms with Gasteiger partial charge in [0.15, 0.2) is 0 Å². The van der Waals surface area contributed by atoms with Crippen molar-refractivity contribution in [2.24, 2.45) is 5.92 Å². The molecule has 32 heavy (non-hydrogen) atoms. The van der Waals surface area contributed by atoms with E-state index in [9.17, 15) is 4.79 Å². The van der Waals surface area contributed by atoms with E-state index in [1.807, 2.05) is 31.2 Å². The van der Waals surface area contributed by atoms with Crippen molar-refractivity contribution in [2.75, 3.05) is 6.54 Å². The predicted octanol–water partition coefficient (Wildman–Crippen LogP) is 6.11. The number of carbonyl (C=O) groups is 1. The molecule has 1 aliphatic heterocycles. The number of allylic oxidation sites excluding steroid dienone is 1. The Labute approximate surface area is 193 Å². The van der Waals surface area contributed by atoms with Crippen molar-refractivity contribution >= 4 is 23.2 Å². The van der Waals surface area contributed by atoms with Crippen LogP contribution in [0.2, 0.25) is 5.02 Å². The van der Waals surface area contributed by atoms with Gasteiger partial charge in [-0.05, 0) is 42.5 Å². The highest BCUT2D eigenvalue weighted by atomic mass is 35.5. The lowest BCUT2D eigenvalue weighted by atomic mass is 9.93. The Morgan fingerprint density at radius 1 is 1.19 bits per heavy atom. The lowest BCUT2D eigenvalue weighted by molar-refractivity contribution is 0.199. The standard InChI is InChI=1S/C25H27ClN4O2/c1-5-17-9-11-18(12-10-17)22-21(16(4)30(14-15(2)3)25(31)27-22)24-28-23(29-32-24)19-7-6-8-20(26)13-19/h6-13,15,22H,5,14H2,1-4H3,(H,27,31). The monoisotopic (exact) mass is 450 g/mol. The van der Waals surface area contributed by atoms with Gasteiger partial charge in [0.1, 0.15) is 0 Å². The molecule has 0 radical (unpaired) electrons. The summed E-state index contributed by atoms with van der Waals surface area (Å²) in [5.41, 5.74) is 4.59. The first-order chi connectivity index (χ1) is 15.4. The van der Waals surface area contributed by atoms with Crippen LogP contribution < -0.4 is 5.32 Å². The number of urea groups is 1. The lowest BCUT2D eigenvalue weighted by Crippen LogP contribution is -2.47. The molecule has 1 N–H and O–H groups in total. The molecule has 1 atom stereocenters. The number of hydrogen-bond donors (Lipinski definition) is 1. The highest BCUT2D eigenvalue weighted by Crippen LogP contribution is 2.37. The van der Waals surface area contributed by atoms with E-state index in [-0.39, 0.29) is 12.1 Å². The van der Waals surface area contributed by atoms with Crippen LogP contribution in [0, 0.1) is 5.92 Å². The van der Waals surface area contributed by atoms with E-state index < -0.39 is 0 Å². The molecule has 0 saturated carbocycles. The van der Waals surface area contributed by atoms with Gasteiger partial charge in [-0.25, -0.2) is 4.79 Å². The molecular weight excluding hydrogens is 424 g/mol. The summed E-state index contributed by atoms with van der Waals surface area (Å²) in [6.07, 6.45) is 0.952. The van der Waals surface area contributed by atoms with Gasteiger partial charge in [-0.15, -0.1) is 0 Å². The third-order valence-corrected chi connectivity index (χ3v) is 5.84. The fraction of sp³-hybridized carbons (Fsp3) is 0.320. The van der Waals surface area contributed by atoms with Gasteiger partial charge in [0.25, 0.3) is 5.89 Å². The molecule has 0 saturated heterocycles. The predicted molar refractivity (Wildman–Crippen MR) is 126 cm³/mol. The maximum Gasteiger partial charge on any atom is 0.322 e. The molecule has 0 fully saturated rings. The summed E-state index contributed by atoms with van der Waals surface area (Å²) < 4.78 is 5.71. The highest BCUT2D eigenvalue weighted by molar-refractivity contribution is 6.30. The molecule has 166 valence electrons. The third kappa shape index (κ3) is 4.41. The summed E-state index contributed by atoms with van der Waals surface area (Å²) in [6.45, 7) is 8.82. The number of benzene rings is 2. The minimum atomic E-state index is -0.385. The second kappa shape index (κ2) is 9.17. The number of halogens is 1. The van der Waals surface area contributed by atoms with Crippen LogP contribution in [0.1, 0.15) is 50.8 Å². The number of aromatic nitrogens is 2. The van der Waals surface area contributed by atoms with Crippen molar-refractivity contribution in [3.63, 3.8) is 0 Å². The largest absolute Gasteiger partial charge is 0.334 e. The second-order valence-electron chi connectivity index (χ2n) is 8.41. The Morgan fingerprint density at radius 2 is 1.94 bits per heavy atom. The average Bonchev–Trinajstić information content (AvgIpc) is 3.26. The fourth-order valence-corrected chi connectivity index (χ4v) is 4.11. The van der Waals surface area contributed by atoms with Crippen LogP contribution in [-0.4, -0.2) is 27.6 Å². The van der Waals surface area contributed by atoms with Gasteiger partial charge >= 0.3 is 6.03 Å². The number of rotatable bonds is 6. The number of nitrogens with zero attached hydrogens (tertiary/aromatic N) is 3. The summed E-state index contributed by atoms with van der Waals surface area (Å²) in [4.78, 5) is 19.4. The molecule has 0 bridgehead atoms. The topological polar surface area (TPSA) is 71.3 Å². The summed E-state index contributed by atoms with van der Waals surface area (Å²) in [5, 5.41) is 7.93. The van der Waals surface area contributed by atoms with Crippen molar-refractivity contribution in [1.29, 1.82) is 0 Å². The Morgan fingerprint density at radius 3 is 2.59 bits per heavy atom. The molecule has 3 aromatic rings. The quantitative estimate of drug-likeness (QED) is 0.492. The van der Waals surface area contributed by atoms with Gasteiger partial charge in [-0.1, -0.05) is 73.9 Å². The number of amides is 2. The van der Waals surface area contributed by atoms with Crippen LogP contribution in [0.3, 0.4) is 0 Å². The van der Waals surface area contributed by atoms with E-state index in [0.29, 0.717) is 29.2 Å². The molecule has 4 rings (SSSR count). The second-order valence-corrected chi connectivity index (χ2v) is 8.85. The summed E-state index contributed by atoms with van der Waals surface area (Å²) in [6, 6.07) is 15.1. The summed E-state index contributed by atoms with van der Waals surface area (Å²) in [5.74, 6) is 1.15. The molecular formula is C25H27ClN4O2. The van der Waals surface area contributed by atoms with Gasteiger partial charge in [0.2, 0.25) is 5.82 Å². The van der Waals surface area contributed by atoms with Gasteiger partial charge < -0.3 is 9.84 Å². The van der Waals surface area contributed by atoms with Crippen LogP contribution >= 0.6 is 11.6 Å². The van der Waals surface area contributed by atoms with E-state index in [4.69, 9.17) is 16.1 Å². The van der Waals surface area contributed by atoms with Crippen LogP contribution in [0.25, 0.3) is 17.0 Å². The first-order valence-corrected chi connectivity index (χ1v) is 11.2. The van der Waals surface area contributed by atoms with Gasteiger partial charge in [0.05, 0.1) is 11.6 Å². The molecule has 2 heterocycles. The Balaban J connectivity index is 1.80. The van der Waals surface area contributed by atoms with Crippen LogP contribution in [0.15, 0.2) is 58.8 Å². The lowest BCUT2D eigenvalue weighted by Gasteiger charge is -2.36. The zero-order chi connectivity index (χ0) is 22.8. The summed E-state index contributed by atoms with van der Waals surface area (Å²) in [7, 11) is 0. The first kappa shape index (κ1) is 22.1. The minimum absolute atomic E-state index is 0.126. The Bertz CT molecular complexity index is 1150. The first-order valence-electron chi connectivity index (χ1n) is 10.8. The molecule has 1 aliphatic rings. The maximum absolute atomic E-state index is 13.0. The van der Waals surface area contributed by atoms with Crippen LogP contribution in [0.4, 0.5) is 4.79 Å². The van der Waals surface area contributed by atoms with Crippen LogP contribution in [0.5, 0.6) is 0 Å². The van der Waals surface area contributed by atoms with E-state index in [1.54, 1.807) is 17.0 Å². The zero-order valence-corrected chi connectivity index (χ0v) is 19.5. The fourth-order valence-electron chi connectivity index (χ4n) is 3.92. The number of nitrogens with one attached hydrogen (secondary N) is 1. The van der Waals surface area contributed by atoms with Crippen molar-refractivity contribution in [1.82, 2.24) is 20.4 Å². The summed E-state index contributed by atoms with van der Waals surface area (Å²) >= 11 is 6.14. The van der Waals surface area contributed by atoms with Crippen molar-refractivity contribution < 1.29 is 9.32 Å². The molecule has 0 aliphatic carbocycles. The maximum atomic E-state index is 13.0.